The molecule has 1 fully saturated rings. The second kappa shape index (κ2) is 6.64. The molecule has 2 aliphatic rings. The van der Waals surface area contributed by atoms with Crippen LogP contribution in [0.5, 0.6) is 0 Å². The summed E-state index contributed by atoms with van der Waals surface area (Å²) in [5.74, 6) is 1.18. The molecule has 3 aromatic heterocycles. The number of furan rings is 1. The summed E-state index contributed by atoms with van der Waals surface area (Å²) >= 11 is 0. The molecule has 154 valence electrons. The number of anilines is 1. The molecule has 7 nitrogen and oxygen atoms in total. The Labute approximate surface area is 171 Å². The van der Waals surface area contributed by atoms with Crippen LogP contribution >= 0.6 is 0 Å². The summed E-state index contributed by atoms with van der Waals surface area (Å²) in [4.78, 5) is 18.8. The highest BCUT2D eigenvalue weighted by molar-refractivity contribution is 6.06. The van der Waals surface area contributed by atoms with Gasteiger partial charge in [0.05, 0.1) is 23.3 Å². The smallest absolute Gasteiger partial charge is 0.229 e. The van der Waals surface area contributed by atoms with Gasteiger partial charge in [-0.3, -0.25) is 0 Å². The minimum absolute atomic E-state index is 0.216. The molecule has 0 atom stereocenters. The lowest BCUT2D eigenvalue weighted by atomic mass is 9.87. The van der Waals surface area contributed by atoms with Crippen LogP contribution in [0.25, 0.3) is 22.2 Å². The molecule has 2 aliphatic heterocycles. The van der Waals surface area contributed by atoms with Crippen LogP contribution in [0.15, 0.2) is 10.7 Å². The number of rotatable bonds is 2. The van der Waals surface area contributed by atoms with Crippen molar-refractivity contribution in [3.05, 3.63) is 23.1 Å². The van der Waals surface area contributed by atoms with E-state index in [9.17, 15) is 0 Å². The van der Waals surface area contributed by atoms with E-state index in [2.05, 4.69) is 54.5 Å². The number of nitrogens with zero attached hydrogens (tertiary/aromatic N) is 5. The maximum absolute atomic E-state index is 6.36. The van der Waals surface area contributed by atoms with Crippen LogP contribution in [0.3, 0.4) is 0 Å². The van der Waals surface area contributed by atoms with Crippen molar-refractivity contribution in [1.82, 2.24) is 19.9 Å². The highest BCUT2D eigenvalue weighted by atomic mass is 16.5. The summed E-state index contributed by atoms with van der Waals surface area (Å²) in [6.07, 6.45) is 2.49. The van der Waals surface area contributed by atoms with E-state index in [0.717, 1.165) is 60.6 Å². The first-order chi connectivity index (χ1) is 13.8. The number of aromatic nitrogens is 3. The molecular formula is C22H29N5O2. The second-order valence-corrected chi connectivity index (χ2v) is 9.28. The number of piperazine rings is 1. The lowest BCUT2D eigenvalue weighted by molar-refractivity contribution is -0.0402. The first-order valence-electron chi connectivity index (χ1n) is 10.5. The first-order valence-corrected chi connectivity index (χ1v) is 10.5. The fourth-order valence-electron chi connectivity index (χ4n) is 4.54. The average Bonchev–Trinajstić information content (AvgIpc) is 3.06. The molecule has 0 unspecified atom stereocenters. The van der Waals surface area contributed by atoms with Crippen molar-refractivity contribution >= 4 is 28.0 Å². The van der Waals surface area contributed by atoms with Gasteiger partial charge in [0.15, 0.2) is 11.4 Å². The molecular weight excluding hydrogens is 366 g/mol. The third kappa shape index (κ3) is 3.07. The number of hydrogen-bond acceptors (Lipinski definition) is 7. The third-order valence-corrected chi connectivity index (χ3v) is 6.19. The number of hydrogen-bond donors (Lipinski definition) is 0. The third-order valence-electron chi connectivity index (χ3n) is 6.19. The predicted octanol–water partition coefficient (Wildman–Crippen LogP) is 3.50. The summed E-state index contributed by atoms with van der Waals surface area (Å²) in [6.45, 7) is 13.1. The molecule has 5 heterocycles. The van der Waals surface area contributed by atoms with Crippen LogP contribution in [-0.2, 0) is 17.8 Å². The largest absolute Gasteiger partial charge is 0.432 e. The lowest BCUT2D eigenvalue weighted by Gasteiger charge is -2.33. The normalized spacial score (nSPS) is 20.0. The molecule has 0 saturated carbocycles. The molecule has 0 aliphatic carbocycles. The number of pyridine rings is 1. The van der Waals surface area contributed by atoms with E-state index in [1.54, 1.807) is 6.33 Å². The number of ether oxygens (including phenoxy) is 1. The second-order valence-electron chi connectivity index (χ2n) is 9.28. The van der Waals surface area contributed by atoms with Gasteiger partial charge in [-0.15, -0.1) is 0 Å². The van der Waals surface area contributed by atoms with E-state index in [1.165, 1.54) is 11.1 Å². The Morgan fingerprint density at radius 2 is 1.83 bits per heavy atom. The Balaban J connectivity index is 1.75. The Kier molecular flexibility index (Phi) is 4.29. The topological polar surface area (TPSA) is 67.5 Å². The van der Waals surface area contributed by atoms with Gasteiger partial charge in [-0.2, -0.15) is 0 Å². The molecule has 29 heavy (non-hydrogen) atoms. The molecule has 5 rings (SSSR count). The quantitative estimate of drug-likeness (QED) is 0.658. The Hall–Kier alpha value is -2.25. The van der Waals surface area contributed by atoms with E-state index < -0.39 is 0 Å². The molecule has 0 amide bonds. The van der Waals surface area contributed by atoms with Gasteiger partial charge in [0, 0.05) is 38.2 Å². The Bertz CT molecular complexity index is 1080. The fraction of sp³-hybridized carbons (Fsp3) is 0.591. The van der Waals surface area contributed by atoms with E-state index in [0.29, 0.717) is 18.2 Å². The van der Waals surface area contributed by atoms with E-state index in [1.807, 2.05) is 0 Å². The van der Waals surface area contributed by atoms with Gasteiger partial charge in [-0.1, -0.05) is 13.8 Å². The zero-order valence-corrected chi connectivity index (χ0v) is 17.9. The minimum Gasteiger partial charge on any atom is -0.432 e. The SMILES string of the molecule is CC(C)c1nc2oc3c(N4CCN(C)CC4)ncnc3c2c2c1COC(C)(C)C2. The predicted molar refractivity (Wildman–Crippen MR) is 113 cm³/mol. The molecule has 0 spiro atoms. The van der Waals surface area contributed by atoms with Crippen molar-refractivity contribution in [1.29, 1.82) is 0 Å². The molecule has 1 saturated heterocycles. The van der Waals surface area contributed by atoms with Gasteiger partial charge in [0.1, 0.15) is 11.8 Å². The van der Waals surface area contributed by atoms with Crippen molar-refractivity contribution in [2.75, 3.05) is 38.1 Å². The molecule has 0 radical (unpaired) electrons. The summed E-state index contributed by atoms with van der Waals surface area (Å²) in [5.41, 5.74) is 5.64. The molecule has 0 N–H and O–H groups in total. The highest BCUT2D eigenvalue weighted by Crippen LogP contribution is 2.41. The van der Waals surface area contributed by atoms with Gasteiger partial charge in [0.2, 0.25) is 5.71 Å². The molecule has 3 aromatic rings. The zero-order chi connectivity index (χ0) is 20.3. The van der Waals surface area contributed by atoms with Crippen LogP contribution in [0.1, 0.15) is 50.4 Å². The first kappa shape index (κ1) is 18.8. The summed E-state index contributed by atoms with van der Waals surface area (Å²) in [7, 11) is 2.15. The summed E-state index contributed by atoms with van der Waals surface area (Å²) < 4.78 is 12.5. The van der Waals surface area contributed by atoms with Crippen LogP contribution in [0.4, 0.5) is 5.82 Å². The van der Waals surface area contributed by atoms with Gasteiger partial charge in [0.25, 0.3) is 0 Å². The Morgan fingerprint density at radius 1 is 1.07 bits per heavy atom. The summed E-state index contributed by atoms with van der Waals surface area (Å²) in [5, 5.41) is 1.04. The van der Waals surface area contributed by atoms with Crippen LogP contribution in [0, 0.1) is 0 Å². The molecule has 0 aromatic carbocycles. The number of fused-ring (bicyclic) bond motifs is 5. The minimum atomic E-state index is -0.216. The zero-order valence-electron chi connectivity index (χ0n) is 17.9. The van der Waals surface area contributed by atoms with Crippen LogP contribution in [0.2, 0.25) is 0 Å². The van der Waals surface area contributed by atoms with Gasteiger partial charge < -0.3 is 19.0 Å². The van der Waals surface area contributed by atoms with Gasteiger partial charge in [-0.25, -0.2) is 15.0 Å². The Morgan fingerprint density at radius 3 is 2.55 bits per heavy atom. The average molecular weight is 396 g/mol. The van der Waals surface area contributed by atoms with E-state index in [4.69, 9.17) is 14.1 Å². The monoisotopic (exact) mass is 395 g/mol. The van der Waals surface area contributed by atoms with Crippen molar-refractivity contribution in [2.45, 2.75) is 52.2 Å². The number of likely N-dealkylation sites (N-methyl/N-ethyl adjacent to an activating group) is 1. The van der Waals surface area contributed by atoms with E-state index >= 15 is 0 Å². The van der Waals surface area contributed by atoms with Crippen LogP contribution in [-0.4, -0.2) is 58.7 Å². The van der Waals surface area contributed by atoms with Crippen LogP contribution < -0.4 is 4.90 Å². The van der Waals surface area contributed by atoms with Crippen molar-refractivity contribution in [2.24, 2.45) is 0 Å². The molecule has 7 heteroatoms. The lowest BCUT2D eigenvalue weighted by Crippen LogP contribution is -2.44. The fourth-order valence-corrected chi connectivity index (χ4v) is 4.54. The molecule has 0 bridgehead atoms. The summed E-state index contributed by atoms with van der Waals surface area (Å²) in [6, 6.07) is 0. The van der Waals surface area contributed by atoms with Crippen molar-refractivity contribution < 1.29 is 9.15 Å². The van der Waals surface area contributed by atoms with Gasteiger partial charge in [-0.05, 0) is 32.4 Å². The van der Waals surface area contributed by atoms with Crippen molar-refractivity contribution in [3.63, 3.8) is 0 Å². The van der Waals surface area contributed by atoms with Gasteiger partial charge >= 0.3 is 0 Å². The highest BCUT2D eigenvalue weighted by Gasteiger charge is 2.33. The maximum Gasteiger partial charge on any atom is 0.229 e. The maximum atomic E-state index is 6.36. The standard InChI is InChI=1S/C22H29N5O2/c1-13(2)17-15-11-28-22(3,4)10-14(15)16-18-19(29-21(16)25-17)20(24-12-23-18)27-8-6-26(5)7-9-27/h12-13H,6-11H2,1-5H3. The van der Waals surface area contributed by atoms with E-state index in [-0.39, 0.29) is 5.60 Å². The van der Waals surface area contributed by atoms with Crippen molar-refractivity contribution in [3.8, 4) is 0 Å².